The highest BCUT2D eigenvalue weighted by atomic mass is 16.4. The molecular formula is C13H21N3O4. The van der Waals surface area contributed by atoms with E-state index >= 15 is 0 Å². The second-order valence-corrected chi connectivity index (χ2v) is 4.44. The van der Waals surface area contributed by atoms with E-state index in [9.17, 15) is 14.4 Å². The molecule has 0 aromatic carbocycles. The Balaban J connectivity index is 2.49. The number of hydrogen-bond donors (Lipinski definition) is 1. The Morgan fingerprint density at radius 1 is 1.00 bits per heavy atom. The highest BCUT2D eigenvalue weighted by Crippen LogP contribution is 2.06. The van der Waals surface area contributed by atoms with Gasteiger partial charge < -0.3 is 19.8 Å². The molecule has 0 aromatic heterocycles. The largest absolute Gasteiger partial charge is 0.478 e. The lowest BCUT2D eigenvalue weighted by atomic mass is 10.3. The van der Waals surface area contributed by atoms with Crippen molar-refractivity contribution in [2.24, 2.45) is 0 Å². The summed E-state index contributed by atoms with van der Waals surface area (Å²) in [6.07, 6.45) is 1.87. The predicted octanol–water partition coefficient (Wildman–Crippen LogP) is 0.233. The lowest BCUT2D eigenvalue weighted by Gasteiger charge is -2.36. The van der Waals surface area contributed by atoms with Gasteiger partial charge in [0.2, 0.25) is 5.91 Å². The van der Waals surface area contributed by atoms with Crippen LogP contribution in [0.2, 0.25) is 0 Å². The van der Waals surface area contributed by atoms with Crippen molar-refractivity contribution in [2.45, 2.75) is 13.8 Å². The number of carbonyl (C=O) groups excluding carboxylic acids is 2. The Kier molecular flexibility index (Phi) is 6.02. The maximum absolute atomic E-state index is 12.1. The average molecular weight is 283 g/mol. The summed E-state index contributed by atoms with van der Waals surface area (Å²) in [5.41, 5.74) is 0. The fraction of sp³-hybridized carbons (Fsp3) is 0.615. The zero-order valence-corrected chi connectivity index (χ0v) is 11.9. The van der Waals surface area contributed by atoms with Crippen molar-refractivity contribution in [1.29, 1.82) is 0 Å². The van der Waals surface area contributed by atoms with Crippen molar-refractivity contribution in [2.75, 3.05) is 39.3 Å². The van der Waals surface area contributed by atoms with E-state index in [4.69, 9.17) is 5.11 Å². The predicted molar refractivity (Wildman–Crippen MR) is 73.2 cm³/mol. The Morgan fingerprint density at radius 2 is 1.50 bits per heavy atom. The van der Waals surface area contributed by atoms with E-state index in [0.717, 1.165) is 12.2 Å². The van der Waals surface area contributed by atoms with E-state index < -0.39 is 5.97 Å². The molecule has 1 heterocycles. The molecule has 0 aliphatic carbocycles. The molecule has 0 bridgehead atoms. The molecule has 112 valence electrons. The molecule has 7 nitrogen and oxygen atoms in total. The number of aliphatic carboxylic acids is 1. The summed E-state index contributed by atoms with van der Waals surface area (Å²) in [7, 11) is 0. The first-order valence-corrected chi connectivity index (χ1v) is 6.73. The monoisotopic (exact) mass is 283 g/mol. The van der Waals surface area contributed by atoms with Gasteiger partial charge in [-0.15, -0.1) is 0 Å². The molecule has 20 heavy (non-hydrogen) atoms. The zero-order valence-electron chi connectivity index (χ0n) is 11.9. The summed E-state index contributed by atoms with van der Waals surface area (Å²) in [6.45, 7) is 6.98. The van der Waals surface area contributed by atoms with Crippen molar-refractivity contribution in [1.82, 2.24) is 14.7 Å². The molecule has 1 aliphatic heterocycles. The first-order valence-electron chi connectivity index (χ1n) is 6.73. The van der Waals surface area contributed by atoms with Crippen LogP contribution < -0.4 is 0 Å². The van der Waals surface area contributed by atoms with Gasteiger partial charge in [-0.05, 0) is 13.8 Å². The smallest absolute Gasteiger partial charge is 0.328 e. The SMILES string of the molecule is CCN(CC)C(=O)N1CCN(C(=O)/C=C/C(=O)O)CC1. The van der Waals surface area contributed by atoms with Gasteiger partial charge in [0.25, 0.3) is 0 Å². The molecule has 1 fully saturated rings. The molecule has 3 amide bonds. The van der Waals surface area contributed by atoms with Crippen LogP contribution in [0.4, 0.5) is 4.79 Å². The molecule has 0 unspecified atom stereocenters. The first kappa shape index (κ1) is 16.0. The number of carboxylic acid groups (broad SMARTS) is 1. The van der Waals surface area contributed by atoms with Gasteiger partial charge in [-0.2, -0.15) is 0 Å². The highest BCUT2D eigenvalue weighted by Gasteiger charge is 2.25. The number of piperazine rings is 1. The minimum atomic E-state index is -1.14. The second kappa shape index (κ2) is 7.52. The molecule has 1 N–H and O–H groups in total. The van der Waals surface area contributed by atoms with Crippen molar-refractivity contribution in [3.63, 3.8) is 0 Å². The first-order chi connectivity index (χ1) is 9.49. The van der Waals surface area contributed by atoms with Crippen molar-refractivity contribution in [3.8, 4) is 0 Å². The van der Waals surface area contributed by atoms with Gasteiger partial charge in [0.1, 0.15) is 0 Å². The molecule has 1 aliphatic rings. The molecular weight excluding hydrogens is 262 g/mol. The lowest BCUT2D eigenvalue weighted by molar-refractivity contribution is -0.132. The Bertz CT molecular complexity index is 396. The number of carboxylic acids is 1. The van der Waals surface area contributed by atoms with Crippen LogP contribution in [0.3, 0.4) is 0 Å². The molecule has 7 heteroatoms. The third-order valence-corrected chi connectivity index (χ3v) is 3.26. The minimum absolute atomic E-state index is 0.0109. The topological polar surface area (TPSA) is 81.2 Å². The Morgan fingerprint density at radius 3 is 1.95 bits per heavy atom. The van der Waals surface area contributed by atoms with E-state index in [1.165, 1.54) is 0 Å². The minimum Gasteiger partial charge on any atom is -0.478 e. The molecule has 0 spiro atoms. The van der Waals surface area contributed by atoms with Crippen LogP contribution in [0.1, 0.15) is 13.8 Å². The molecule has 1 rings (SSSR count). The van der Waals surface area contributed by atoms with Crippen LogP contribution in [0.15, 0.2) is 12.2 Å². The van der Waals surface area contributed by atoms with E-state index in [2.05, 4.69) is 0 Å². The third kappa shape index (κ3) is 4.25. The standard InChI is InChI=1S/C13H21N3O4/c1-3-14(4-2)13(20)16-9-7-15(8-10-16)11(17)5-6-12(18)19/h5-6H,3-4,7-10H2,1-2H3,(H,18,19)/b6-5+. The highest BCUT2D eigenvalue weighted by molar-refractivity contribution is 5.94. The van der Waals surface area contributed by atoms with Gasteiger partial charge in [-0.3, -0.25) is 4.79 Å². The van der Waals surface area contributed by atoms with E-state index in [-0.39, 0.29) is 11.9 Å². The third-order valence-electron chi connectivity index (χ3n) is 3.26. The molecule has 1 saturated heterocycles. The Labute approximate surface area is 118 Å². The zero-order chi connectivity index (χ0) is 15.1. The summed E-state index contributed by atoms with van der Waals surface area (Å²) in [4.78, 5) is 39.2. The number of urea groups is 1. The van der Waals surface area contributed by atoms with Gasteiger partial charge >= 0.3 is 12.0 Å². The summed E-state index contributed by atoms with van der Waals surface area (Å²) in [5.74, 6) is -1.48. The van der Waals surface area contributed by atoms with Gasteiger partial charge in [0, 0.05) is 51.4 Å². The summed E-state index contributed by atoms with van der Waals surface area (Å²) < 4.78 is 0. The van der Waals surface area contributed by atoms with E-state index in [0.29, 0.717) is 39.3 Å². The number of amides is 3. The summed E-state index contributed by atoms with van der Waals surface area (Å²) in [5, 5.41) is 8.47. The number of carbonyl (C=O) groups is 3. The van der Waals surface area contributed by atoms with Crippen LogP contribution in [0.5, 0.6) is 0 Å². The molecule has 0 saturated carbocycles. The molecule has 0 radical (unpaired) electrons. The van der Waals surface area contributed by atoms with Crippen LogP contribution in [0.25, 0.3) is 0 Å². The van der Waals surface area contributed by atoms with Gasteiger partial charge in [-0.25, -0.2) is 9.59 Å². The quantitative estimate of drug-likeness (QED) is 0.749. The average Bonchev–Trinajstić information content (AvgIpc) is 2.46. The molecule has 0 atom stereocenters. The Hall–Kier alpha value is -2.05. The van der Waals surface area contributed by atoms with E-state index in [1.807, 2.05) is 13.8 Å². The van der Waals surface area contributed by atoms with Crippen LogP contribution in [-0.4, -0.2) is 77.0 Å². The number of hydrogen-bond acceptors (Lipinski definition) is 3. The maximum atomic E-state index is 12.1. The fourth-order valence-electron chi connectivity index (χ4n) is 2.06. The lowest BCUT2D eigenvalue weighted by Crippen LogP contribution is -2.53. The summed E-state index contributed by atoms with van der Waals surface area (Å²) >= 11 is 0. The van der Waals surface area contributed by atoms with Crippen LogP contribution in [0, 0.1) is 0 Å². The van der Waals surface area contributed by atoms with Gasteiger partial charge in [-0.1, -0.05) is 0 Å². The summed E-state index contributed by atoms with van der Waals surface area (Å²) in [6, 6.07) is -0.0109. The second-order valence-electron chi connectivity index (χ2n) is 4.44. The van der Waals surface area contributed by atoms with Crippen LogP contribution in [-0.2, 0) is 9.59 Å². The van der Waals surface area contributed by atoms with Gasteiger partial charge in [0.15, 0.2) is 0 Å². The van der Waals surface area contributed by atoms with E-state index in [1.54, 1.807) is 14.7 Å². The number of rotatable bonds is 4. The van der Waals surface area contributed by atoms with Crippen molar-refractivity contribution >= 4 is 17.9 Å². The maximum Gasteiger partial charge on any atom is 0.328 e. The van der Waals surface area contributed by atoms with Crippen molar-refractivity contribution in [3.05, 3.63) is 12.2 Å². The fourth-order valence-corrected chi connectivity index (χ4v) is 2.06. The number of nitrogens with zero attached hydrogens (tertiary/aromatic N) is 3. The van der Waals surface area contributed by atoms with Gasteiger partial charge in [0.05, 0.1) is 0 Å². The van der Waals surface area contributed by atoms with Crippen molar-refractivity contribution < 1.29 is 19.5 Å². The van der Waals surface area contributed by atoms with Crippen LogP contribution >= 0.6 is 0 Å². The normalized spacial score (nSPS) is 15.5. The molecule has 0 aromatic rings.